The van der Waals surface area contributed by atoms with Gasteiger partial charge in [0.2, 0.25) is 0 Å². The fourth-order valence-electron chi connectivity index (χ4n) is 0.502. The molecule has 0 aromatic carbocycles. The van der Waals surface area contributed by atoms with Crippen molar-refractivity contribution in [1.82, 2.24) is 4.67 Å². The van der Waals surface area contributed by atoms with Crippen LogP contribution in [0.25, 0.3) is 0 Å². The van der Waals surface area contributed by atoms with Crippen LogP contribution in [-0.2, 0) is 13.8 Å². The van der Waals surface area contributed by atoms with Gasteiger partial charge in [-0.1, -0.05) is 0 Å². The molecule has 0 saturated carbocycles. The SMILES string of the molecule is COCCCOP(=O)(O)N(C)C. The molecule has 0 fully saturated rings. The fraction of sp³-hybridized carbons (Fsp3) is 1.00. The topological polar surface area (TPSA) is 59.0 Å². The lowest BCUT2D eigenvalue weighted by Gasteiger charge is -2.17. The Morgan fingerprint density at radius 2 is 2.00 bits per heavy atom. The Bertz CT molecular complexity index is 162. The Labute approximate surface area is 72.9 Å². The summed E-state index contributed by atoms with van der Waals surface area (Å²) in [6.07, 6.45) is 0.620. The van der Waals surface area contributed by atoms with Gasteiger partial charge >= 0.3 is 7.75 Å². The van der Waals surface area contributed by atoms with Crippen molar-refractivity contribution in [2.45, 2.75) is 6.42 Å². The monoisotopic (exact) mass is 197 g/mol. The molecule has 0 amide bonds. The maximum Gasteiger partial charge on any atom is 0.405 e. The van der Waals surface area contributed by atoms with Gasteiger partial charge in [-0.3, -0.25) is 4.52 Å². The molecular weight excluding hydrogens is 181 g/mol. The predicted octanol–water partition coefficient (Wildman–Crippen LogP) is 0.702. The molecule has 0 rings (SSSR count). The largest absolute Gasteiger partial charge is 0.405 e. The lowest BCUT2D eigenvalue weighted by molar-refractivity contribution is 0.158. The van der Waals surface area contributed by atoms with E-state index in [4.69, 9.17) is 14.2 Å². The molecule has 0 aliphatic carbocycles. The summed E-state index contributed by atoms with van der Waals surface area (Å²) in [5.74, 6) is 0. The molecule has 0 bridgehead atoms. The fourth-order valence-corrected chi connectivity index (χ4v) is 1.10. The Hall–Kier alpha value is 0.0700. The van der Waals surface area contributed by atoms with Gasteiger partial charge in [-0.25, -0.2) is 9.24 Å². The minimum Gasteiger partial charge on any atom is -0.385 e. The molecule has 74 valence electrons. The summed E-state index contributed by atoms with van der Waals surface area (Å²) in [5.41, 5.74) is 0. The number of methoxy groups -OCH3 is 1. The molecule has 1 N–H and O–H groups in total. The second-order valence-electron chi connectivity index (χ2n) is 2.52. The molecule has 0 aliphatic rings. The van der Waals surface area contributed by atoms with E-state index < -0.39 is 7.75 Å². The summed E-state index contributed by atoms with van der Waals surface area (Å²) in [4.78, 5) is 9.11. The van der Waals surface area contributed by atoms with Crippen LogP contribution in [0.15, 0.2) is 0 Å². The molecule has 0 aromatic rings. The Morgan fingerprint density at radius 1 is 1.42 bits per heavy atom. The van der Waals surface area contributed by atoms with Crippen LogP contribution < -0.4 is 0 Å². The summed E-state index contributed by atoms with van der Waals surface area (Å²) in [5, 5.41) is 0. The van der Waals surface area contributed by atoms with Crippen LogP contribution >= 0.6 is 7.75 Å². The van der Waals surface area contributed by atoms with Crippen molar-refractivity contribution >= 4 is 7.75 Å². The van der Waals surface area contributed by atoms with Gasteiger partial charge in [-0.2, -0.15) is 0 Å². The molecule has 0 spiro atoms. The van der Waals surface area contributed by atoms with Crippen molar-refractivity contribution in [2.75, 3.05) is 34.4 Å². The molecule has 0 aliphatic heterocycles. The maximum atomic E-state index is 11.1. The average molecular weight is 197 g/mol. The summed E-state index contributed by atoms with van der Waals surface area (Å²) in [6, 6.07) is 0. The first-order valence-corrected chi connectivity index (χ1v) is 5.18. The van der Waals surface area contributed by atoms with Gasteiger partial charge in [0.25, 0.3) is 0 Å². The van der Waals surface area contributed by atoms with E-state index in [1.165, 1.54) is 18.8 Å². The molecule has 6 heteroatoms. The summed E-state index contributed by atoms with van der Waals surface area (Å²) in [6.45, 7) is 0.771. The van der Waals surface area contributed by atoms with E-state index in [9.17, 15) is 4.57 Å². The normalized spacial score (nSPS) is 16.4. The molecule has 0 saturated heterocycles. The van der Waals surface area contributed by atoms with Gasteiger partial charge < -0.3 is 9.63 Å². The van der Waals surface area contributed by atoms with E-state index in [0.717, 1.165) is 0 Å². The third-order valence-electron chi connectivity index (χ3n) is 1.26. The van der Waals surface area contributed by atoms with E-state index in [1.807, 2.05) is 0 Å². The standard InChI is InChI=1S/C6H16NO4P/c1-7(2)12(8,9)11-6-4-5-10-3/h4-6H2,1-3H3,(H,8,9). The minimum absolute atomic E-state index is 0.236. The Balaban J connectivity index is 3.55. The van der Waals surface area contributed by atoms with Crippen LogP contribution in [0.4, 0.5) is 0 Å². The predicted molar refractivity (Wildman–Crippen MR) is 46.0 cm³/mol. The zero-order valence-electron chi connectivity index (χ0n) is 7.69. The van der Waals surface area contributed by atoms with E-state index in [2.05, 4.69) is 0 Å². The van der Waals surface area contributed by atoms with Crippen LogP contribution in [-0.4, -0.2) is 44.0 Å². The first kappa shape index (κ1) is 12.1. The molecular formula is C6H16NO4P. The highest BCUT2D eigenvalue weighted by Gasteiger charge is 2.21. The van der Waals surface area contributed by atoms with Crippen molar-refractivity contribution < 1.29 is 18.7 Å². The second kappa shape index (κ2) is 5.67. The van der Waals surface area contributed by atoms with Gasteiger partial charge in [0.1, 0.15) is 0 Å². The summed E-state index contributed by atoms with van der Waals surface area (Å²) >= 11 is 0. The first-order valence-electron chi connectivity index (χ1n) is 3.65. The molecule has 5 nitrogen and oxygen atoms in total. The number of nitrogens with zero attached hydrogens (tertiary/aromatic N) is 1. The average Bonchev–Trinajstić information content (AvgIpc) is 1.98. The van der Waals surface area contributed by atoms with E-state index in [-0.39, 0.29) is 6.61 Å². The molecule has 0 heterocycles. The third-order valence-corrected chi connectivity index (χ3v) is 2.79. The molecule has 1 atom stereocenters. The lowest BCUT2D eigenvalue weighted by atomic mass is 10.5. The minimum atomic E-state index is -3.53. The third kappa shape index (κ3) is 4.85. The van der Waals surface area contributed by atoms with Crippen molar-refractivity contribution in [3.8, 4) is 0 Å². The molecule has 0 radical (unpaired) electrons. The van der Waals surface area contributed by atoms with Crippen molar-refractivity contribution in [1.29, 1.82) is 0 Å². The Morgan fingerprint density at radius 3 is 2.42 bits per heavy atom. The Kier molecular flexibility index (Phi) is 5.70. The number of rotatable bonds is 6. The first-order chi connectivity index (χ1) is 5.50. The van der Waals surface area contributed by atoms with Crippen LogP contribution in [0.5, 0.6) is 0 Å². The summed E-state index contributed by atoms with van der Waals surface area (Å²) in [7, 11) is 1.04. The van der Waals surface area contributed by atoms with Crippen LogP contribution in [0.1, 0.15) is 6.42 Å². The van der Waals surface area contributed by atoms with E-state index in [1.54, 1.807) is 7.11 Å². The van der Waals surface area contributed by atoms with E-state index >= 15 is 0 Å². The lowest BCUT2D eigenvalue weighted by Crippen LogP contribution is -2.11. The number of hydrogen-bond donors (Lipinski definition) is 1. The molecule has 12 heavy (non-hydrogen) atoms. The van der Waals surface area contributed by atoms with Crippen molar-refractivity contribution in [2.24, 2.45) is 0 Å². The molecule has 1 unspecified atom stereocenters. The molecule has 0 aromatic heterocycles. The maximum absolute atomic E-state index is 11.1. The zero-order chi connectivity index (χ0) is 9.61. The highest BCUT2D eigenvalue weighted by molar-refractivity contribution is 7.50. The van der Waals surface area contributed by atoms with Crippen LogP contribution in [0.2, 0.25) is 0 Å². The smallest absolute Gasteiger partial charge is 0.385 e. The van der Waals surface area contributed by atoms with Gasteiger partial charge in [0.05, 0.1) is 6.61 Å². The van der Waals surface area contributed by atoms with Crippen LogP contribution in [0.3, 0.4) is 0 Å². The highest BCUT2D eigenvalue weighted by atomic mass is 31.2. The van der Waals surface area contributed by atoms with Gasteiger partial charge in [-0.05, 0) is 20.5 Å². The van der Waals surface area contributed by atoms with Crippen molar-refractivity contribution in [3.63, 3.8) is 0 Å². The van der Waals surface area contributed by atoms with Gasteiger partial charge in [-0.15, -0.1) is 0 Å². The van der Waals surface area contributed by atoms with Crippen LogP contribution in [0, 0.1) is 0 Å². The summed E-state index contributed by atoms with van der Waals surface area (Å²) < 4.78 is 21.8. The van der Waals surface area contributed by atoms with Gasteiger partial charge in [0, 0.05) is 13.7 Å². The zero-order valence-corrected chi connectivity index (χ0v) is 8.58. The van der Waals surface area contributed by atoms with E-state index in [0.29, 0.717) is 13.0 Å². The number of hydrogen-bond acceptors (Lipinski definition) is 3. The second-order valence-corrected chi connectivity index (χ2v) is 4.56. The van der Waals surface area contributed by atoms with Gasteiger partial charge in [0.15, 0.2) is 0 Å². The quantitative estimate of drug-likeness (QED) is 0.501. The number of ether oxygens (including phenoxy) is 1. The van der Waals surface area contributed by atoms with Crippen molar-refractivity contribution in [3.05, 3.63) is 0 Å². The highest BCUT2D eigenvalue weighted by Crippen LogP contribution is 2.43.